The van der Waals surface area contributed by atoms with Gasteiger partial charge >= 0.3 is 0 Å². The molecule has 0 spiro atoms. The van der Waals surface area contributed by atoms with Crippen LogP contribution in [-0.2, 0) is 4.79 Å². The highest BCUT2D eigenvalue weighted by atomic mass is 35.5. The molecule has 0 bridgehead atoms. The van der Waals surface area contributed by atoms with E-state index in [1.807, 2.05) is 66.5 Å². The molecule has 0 aromatic heterocycles. The average Bonchev–Trinajstić information content (AvgIpc) is 2.68. The zero-order valence-corrected chi connectivity index (χ0v) is 16.6. The number of rotatable bonds is 6. The molecule has 1 N–H and O–H groups in total. The highest BCUT2D eigenvalue weighted by Crippen LogP contribution is 2.40. The number of carbonyl (C=O) groups is 1. The number of thioether (sulfide) groups is 1. The Morgan fingerprint density at radius 2 is 1.81 bits per heavy atom. The molecule has 1 atom stereocenters. The minimum Gasteiger partial charge on any atom is -0.341 e. The highest BCUT2D eigenvalue weighted by Gasteiger charge is 2.30. The first-order valence-corrected chi connectivity index (χ1v) is 10.3. The Hall–Kier alpha value is -1.49. The maximum Gasteiger partial charge on any atom is 0.240 e. The maximum atomic E-state index is 13.3. The number of benzene rings is 2. The molecule has 5 heteroatoms. The van der Waals surface area contributed by atoms with Gasteiger partial charge in [0.25, 0.3) is 0 Å². The third-order valence-electron chi connectivity index (χ3n) is 4.83. The van der Waals surface area contributed by atoms with Gasteiger partial charge in [-0.15, -0.1) is 11.8 Å². The van der Waals surface area contributed by atoms with Gasteiger partial charge in [-0.3, -0.25) is 4.79 Å². The Morgan fingerprint density at radius 1 is 1.15 bits per heavy atom. The standard InChI is InChI=1S/C21H25ClN2OS/c1-23-15-16-11-13-24(14-12-16)21(25)20(17-7-3-2-4-8-17)26-19-10-6-5-9-18(19)22/h2-10,16,20,23H,11-15H2,1H3. The van der Waals surface area contributed by atoms with Crippen LogP contribution >= 0.6 is 23.4 Å². The van der Waals surface area contributed by atoms with Crippen molar-refractivity contribution < 1.29 is 4.79 Å². The second-order valence-electron chi connectivity index (χ2n) is 6.67. The third-order valence-corrected chi connectivity index (χ3v) is 6.59. The molecule has 0 saturated carbocycles. The van der Waals surface area contributed by atoms with E-state index in [0.29, 0.717) is 10.9 Å². The molecular formula is C21H25ClN2OS. The molecule has 1 aliphatic rings. The second-order valence-corrected chi connectivity index (χ2v) is 8.22. The van der Waals surface area contributed by atoms with Crippen molar-refractivity contribution in [3.05, 3.63) is 65.2 Å². The van der Waals surface area contributed by atoms with E-state index >= 15 is 0 Å². The lowest BCUT2D eigenvalue weighted by Gasteiger charge is -2.34. The van der Waals surface area contributed by atoms with Crippen molar-refractivity contribution in [2.45, 2.75) is 23.0 Å². The van der Waals surface area contributed by atoms with Crippen LogP contribution in [0.1, 0.15) is 23.7 Å². The van der Waals surface area contributed by atoms with E-state index in [9.17, 15) is 4.79 Å². The van der Waals surface area contributed by atoms with Crippen LogP contribution in [0.25, 0.3) is 0 Å². The van der Waals surface area contributed by atoms with Gasteiger partial charge in [-0.2, -0.15) is 0 Å². The van der Waals surface area contributed by atoms with Gasteiger partial charge in [-0.05, 0) is 50.0 Å². The molecule has 138 valence electrons. The van der Waals surface area contributed by atoms with E-state index in [0.717, 1.165) is 42.9 Å². The van der Waals surface area contributed by atoms with Crippen LogP contribution in [0.4, 0.5) is 0 Å². The Morgan fingerprint density at radius 3 is 2.46 bits per heavy atom. The minimum atomic E-state index is -0.267. The summed E-state index contributed by atoms with van der Waals surface area (Å²) in [5.41, 5.74) is 1.03. The Balaban J connectivity index is 1.78. The van der Waals surface area contributed by atoms with Gasteiger partial charge < -0.3 is 10.2 Å². The van der Waals surface area contributed by atoms with Crippen molar-refractivity contribution in [2.75, 3.05) is 26.7 Å². The normalized spacial score (nSPS) is 16.5. The Bertz CT molecular complexity index is 717. The number of nitrogens with one attached hydrogen (secondary N) is 1. The SMILES string of the molecule is CNCC1CCN(C(=O)C(Sc2ccccc2Cl)c2ccccc2)CC1. The first-order chi connectivity index (χ1) is 12.7. The number of nitrogens with zero attached hydrogens (tertiary/aromatic N) is 1. The third kappa shape index (κ3) is 4.81. The fourth-order valence-electron chi connectivity index (χ4n) is 3.37. The minimum absolute atomic E-state index is 0.184. The molecule has 1 amide bonds. The lowest BCUT2D eigenvalue weighted by molar-refractivity contribution is -0.132. The summed E-state index contributed by atoms with van der Waals surface area (Å²) in [5, 5.41) is 3.67. The van der Waals surface area contributed by atoms with E-state index in [2.05, 4.69) is 5.32 Å². The van der Waals surface area contributed by atoms with Crippen molar-refractivity contribution in [1.29, 1.82) is 0 Å². The number of hydrogen-bond acceptors (Lipinski definition) is 3. The molecule has 1 heterocycles. The fraction of sp³-hybridized carbons (Fsp3) is 0.381. The number of piperidine rings is 1. The van der Waals surface area contributed by atoms with Gasteiger partial charge in [-0.25, -0.2) is 0 Å². The van der Waals surface area contributed by atoms with E-state index in [1.54, 1.807) is 11.8 Å². The Kier molecular flexibility index (Phi) is 7.00. The largest absolute Gasteiger partial charge is 0.341 e. The number of hydrogen-bond donors (Lipinski definition) is 1. The summed E-state index contributed by atoms with van der Waals surface area (Å²) >= 11 is 7.89. The first kappa shape index (κ1) is 19.3. The van der Waals surface area contributed by atoms with Crippen LogP contribution in [-0.4, -0.2) is 37.5 Å². The van der Waals surface area contributed by atoms with Gasteiger partial charge in [0.1, 0.15) is 5.25 Å². The van der Waals surface area contributed by atoms with Crippen molar-refractivity contribution in [3.63, 3.8) is 0 Å². The predicted octanol–water partition coefficient (Wildman–Crippen LogP) is 4.63. The van der Waals surface area contributed by atoms with Crippen molar-refractivity contribution in [1.82, 2.24) is 10.2 Å². The molecule has 26 heavy (non-hydrogen) atoms. The van der Waals surface area contributed by atoms with Crippen LogP contribution in [0.15, 0.2) is 59.5 Å². The van der Waals surface area contributed by atoms with Crippen LogP contribution in [0, 0.1) is 5.92 Å². The lowest BCUT2D eigenvalue weighted by Crippen LogP contribution is -2.42. The topological polar surface area (TPSA) is 32.3 Å². The molecule has 3 nitrogen and oxygen atoms in total. The molecule has 1 fully saturated rings. The van der Waals surface area contributed by atoms with Crippen LogP contribution in [0.2, 0.25) is 5.02 Å². The second kappa shape index (κ2) is 9.45. The summed E-state index contributed by atoms with van der Waals surface area (Å²) in [5.74, 6) is 0.847. The van der Waals surface area contributed by atoms with E-state index in [-0.39, 0.29) is 11.2 Å². The quantitative estimate of drug-likeness (QED) is 0.732. The number of carbonyl (C=O) groups excluding carboxylic acids is 1. The van der Waals surface area contributed by atoms with Crippen molar-refractivity contribution in [2.24, 2.45) is 5.92 Å². The Labute approximate surface area is 165 Å². The molecule has 2 aromatic rings. The molecule has 1 saturated heterocycles. The zero-order valence-electron chi connectivity index (χ0n) is 15.0. The van der Waals surface area contributed by atoms with E-state index in [4.69, 9.17) is 11.6 Å². The van der Waals surface area contributed by atoms with Gasteiger partial charge in [-0.1, -0.05) is 54.1 Å². The molecule has 3 rings (SSSR count). The molecule has 1 aliphatic heterocycles. The molecule has 0 radical (unpaired) electrons. The van der Waals surface area contributed by atoms with Crippen LogP contribution < -0.4 is 5.32 Å². The fourth-order valence-corrected chi connectivity index (χ4v) is 4.77. The molecule has 0 aliphatic carbocycles. The van der Waals surface area contributed by atoms with Gasteiger partial charge in [0.15, 0.2) is 0 Å². The first-order valence-electron chi connectivity index (χ1n) is 9.08. The summed E-state index contributed by atoms with van der Waals surface area (Å²) in [4.78, 5) is 16.3. The summed E-state index contributed by atoms with van der Waals surface area (Å²) in [6.45, 7) is 2.69. The van der Waals surface area contributed by atoms with Crippen LogP contribution in [0.5, 0.6) is 0 Å². The molecular weight excluding hydrogens is 364 g/mol. The number of amides is 1. The van der Waals surface area contributed by atoms with E-state index < -0.39 is 0 Å². The predicted molar refractivity (Wildman–Crippen MR) is 110 cm³/mol. The van der Waals surface area contributed by atoms with Gasteiger partial charge in [0.2, 0.25) is 5.91 Å². The number of halogens is 1. The van der Waals surface area contributed by atoms with Gasteiger partial charge in [0, 0.05) is 18.0 Å². The van der Waals surface area contributed by atoms with Crippen molar-refractivity contribution >= 4 is 29.3 Å². The summed E-state index contributed by atoms with van der Waals surface area (Å²) in [7, 11) is 1.99. The summed E-state index contributed by atoms with van der Waals surface area (Å²) < 4.78 is 0. The van der Waals surface area contributed by atoms with Gasteiger partial charge in [0.05, 0.1) is 5.02 Å². The lowest BCUT2D eigenvalue weighted by atomic mass is 9.96. The van der Waals surface area contributed by atoms with E-state index in [1.165, 1.54) is 0 Å². The summed E-state index contributed by atoms with van der Waals surface area (Å²) in [6, 6.07) is 17.7. The highest BCUT2D eigenvalue weighted by molar-refractivity contribution is 8.00. The number of likely N-dealkylation sites (tertiary alicyclic amines) is 1. The monoisotopic (exact) mass is 388 g/mol. The smallest absolute Gasteiger partial charge is 0.240 e. The average molecular weight is 389 g/mol. The zero-order chi connectivity index (χ0) is 18.4. The maximum absolute atomic E-state index is 13.3. The van der Waals surface area contributed by atoms with Crippen molar-refractivity contribution in [3.8, 4) is 0 Å². The molecule has 2 aromatic carbocycles. The van der Waals surface area contributed by atoms with Crippen LogP contribution in [0.3, 0.4) is 0 Å². The summed E-state index contributed by atoms with van der Waals surface area (Å²) in [6.07, 6.45) is 2.12. The molecule has 1 unspecified atom stereocenters.